The number of rotatable bonds is 7. The molecule has 0 saturated heterocycles. The van der Waals surface area contributed by atoms with Crippen LogP contribution in [0.2, 0.25) is 0 Å². The van der Waals surface area contributed by atoms with Gasteiger partial charge in [0.2, 0.25) is 0 Å². The minimum atomic E-state index is -4.55. The van der Waals surface area contributed by atoms with Crippen molar-refractivity contribution in [1.29, 1.82) is 0 Å². The van der Waals surface area contributed by atoms with Crippen molar-refractivity contribution >= 4 is 7.60 Å². The van der Waals surface area contributed by atoms with Crippen molar-refractivity contribution < 1.29 is 14.4 Å². The molecule has 0 radical (unpaired) electrons. The van der Waals surface area contributed by atoms with Crippen LogP contribution in [0.5, 0.6) is 0 Å². The number of pyridine rings is 1. The van der Waals surface area contributed by atoms with E-state index in [0.29, 0.717) is 23.4 Å². The summed E-state index contributed by atoms with van der Waals surface area (Å²) in [4.78, 5) is 24.4. The van der Waals surface area contributed by atoms with Crippen molar-refractivity contribution in [2.45, 2.75) is 12.3 Å². The zero-order valence-electron chi connectivity index (χ0n) is 16.0. The summed E-state index contributed by atoms with van der Waals surface area (Å²) in [6.07, 6.45) is 4.94. The molecular formula is C22H21N4O3P. The Morgan fingerprint density at radius 3 is 2.30 bits per heavy atom. The quantitative estimate of drug-likeness (QED) is 0.392. The number of benzene rings is 2. The Bertz CT molecular complexity index is 1140. The van der Waals surface area contributed by atoms with Crippen LogP contribution in [0.3, 0.4) is 0 Å². The third kappa shape index (κ3) is 4.56. The highest BCUT2D eigenvalue weighted by molar-refractivity contribution is 7.52. The number of hydrogen-bond acceptors (Lipinski definition) is 4. The summed E-state index contributed by atoms with van der Waals surface area (Å²) in [6.45, 7) is 0.305. The number of nitrogens with one attached hydrogen (secondary N) is 1. The van der Waals surface area contributed by atoms with Crippen molar-refractivity contribution in [3.8, 4) is 16.9 Å². The second kappa shape index (κ2) is 8.73. The minimum Gasteiger partial charge on any atom is -0.323 e. The number of para-hydroxylation sites is 1. The van der Waals surface area contributed by atoms with Gasteiger partial charge in [-0.25, -0.2) is 4.68 Å². The van der Waals surface area contributed by atoms with Crippen LogP contribution in [-0.4, -0.2) is 24.6 Å². The highest BCUT2D eigenvalue weighted by atomic mass is 31.2. The molecule has 1 atom stereocenters. The van der Waals surface area contributed by atoms with Crippen LogP contribution in [0.1, 0.15) is 16.9 Å². The van der Waals surface area contributed by atoms with Crippen LogP contribution < -0.4 is 5.32 Å². The molecule has 30 heavy (non-hydrogen) atoms. The van der Waals surface area contributed by atoms with Gasteiger partial charge in [0.05, 0.1) is 11.4 Å². The summed E-state index contributed by atoms with van der Waals surface area (Å²) < 4.78 is 14.1. The first-order valence-electron chi connectivity index (χ1n) is 9.40. The van der Waals surface area contributed by atoms with E-state index in [4.69, 9.17) is 0 Å². The lowest BCUT2D eigenvalue weighted by molar-refractivity contribution is 0.347. The van der Waals surface area contributed by atoms with Crippen LogP contribution in [0.4, 0.5) is 0 Å². The van der Waals surface area contributed by atoms with Gasteiger partial charge in [-0.3, -0.25) is 14.9 Å². The van der Waals surface area contributed by atoms with Crippen molar-refractivity contribution in [2.75, 3.05) is 0 Å². The molecule has 0 fully saturated rings. The molecule has 8 heteroatoms. The molecule has 7 nitrogen and oxygen atoms in total. The van der Waals surface area contributed by atoms with Crippen molar-refractivity contribution in [3.63, 3.8) is 0 Å². The molecule has 0 aliphatic heterocycles. The molecule has 0 spiro atoms. The molecule has 4 rings (SSSR count). The number of hydrogen-bond donors (Lipinski definition) is 3. The van der Waals surface area contributed by atoms with Crippen molar-refractivity contribution in [2.24, 2.45) is 0 Å². The van der Waals surface area contributed by atoms with Gasteiger partial charge in [0, 0.05) is 36.3 Å². The fraction of sp³-hybridized carbons (Fsp3) is 0.0909. The molecular weight excluding hydrogens is 399 g/mol. The Morgan fingerprint density at radius 1 is 0.967 bits per heavy atom. The maximum atomic E-state index is 12.5. The minimum absolute atomic E-state index is 0.305. The summed E-state index contributed by atoms with van der Waals surface area (Å²) in [5.41, 5.74) is 3.29. The highest BCUT2D eigenvalue weighted by Gasteiger charge is 2.34. The van der Waals surface area contributed by atoms with E-state index in [1.165, 1.54) is 0 Å². The first-order chi connectivity index (χ1) is 14.5. The van der Waals surface area contributed by atoms with E-state index in [2.05, 4.69) is 15.4 Å². The van der Waals surface area contributed by atoms with Gasteiger partial charge < -0.3 is 9.79 Å². The molecule has 0 unspecified atom stereocenters. The molecule has 0 bridgehead atoms. The van der Waals surface area contributed by atoms with Crippen molar-refractivity contribution in [3.05, 3.63) is 103 Å². The molecule has 3 N–H and O–H groups in total. The first-order valence-corrected chi connectivity index (χ1v) is 11.1. The lowest BCUT2D eigenvalue weighted by Gasteiger charge is -2.20. The Labute approximate surface area is 174 Å². The largest absolute Gasteiger partial charge is 0.346 e. The van der Waals surface area contributed by atoms with E-state index < -0.39 is 13.4 Å². The van der Waals surface area contributed by atoms with E-state index in [0.717, 1.165) is 11.3 Å². The first kappa shape index (κ1) is 20.2. The topological polar surface area (TPSA) is 100 Å². The van der Waals surface area contributed by atoms with Crippen LogP contribution in [0.15, 0.2) is 91.4 Å². The predicted molar refractivity (Wildman–Crippen MR) is 115 cm³/mol. The molecule has 0 amide bonds. The Morgan fingerprint density at radius 2 is 1.67 bits per heavy atom. The van der Waals surface area contributed by atoms with Crippen molar-refractivity contribution in [1.82, 2.24) is 20.1 Å². The van der Waals surface area contributed by atoms with E-state index in [1.807, 2.05) is 66.7 Å². The van der Waals surface area contributed by atoms with Gasteiger partial charge in [0.1, 0.15) is 5.78 Å². The Hall–Kier alpha value is -3.09. The molecule has 2 heterocycles. The monoisotopic (exact) mass is 420 g/mol. The van der Waals surface area contributed by atoms with Gasteiger partial charge in [-0.15, -0.1) is 0 Å². The maximum Gasteiger partial charge on any atom is 0.346 e. The lowest BCUT2D eigenvalue weighted by Crippen LogP contribution is -2.21. The zero-order chi connectivity index (χ0) is 21.0. The van der Waals surface area contributed by atoms with Crippen LogP contribution in [0.25, 0.3) is 16.9 Å². The van der Waals surface area contributed by atoms with Crippen LogP contribution in [0, 0.1) is 0 Å². The second-order valence-electron chi connectivity index (χ2n) is 6.81. The second-order valence-corrected chi connectivity index (χ2v) is 8.51. The van der Waals surface area contributed by atoms with Gasteiger partial charge in [-0.05, 0) is 29.8 Å². The summed E-state index contributed by atoms with van der Waals surface area (Å²) in [6, 6.07) is 22.5. The average molecular weight is 420 g/mol. The summed E-state index contributed by atoms with van der Waals surface area (Å²) in [5.74, 6) is -1.22. The van der Waals surface area contributed by atoms with E-state index in [-0.39, 0.29) is 0 Å². The van der Waals surface area contributed by atoms with Crippen LogP contribution >= 0.6 is 7.60 Å². The molecule has 2 aromatic heterocycles. The number of nitrogens with zero attached hydrogens (tertiary/aromatic N) is 3. The average Bonchev–Trinajstić information content (AvgIpc) is 3.20. The van der Waals surface area contributed by atoms with E-state index in [9.17, 15) is 14.4 Å². The van der Waals surface area contributed by atoms with Crippen LogP contribution in [-0.2, 0) is 11.1 Å². The SMILES string of the molecule is O=P(O)(O)[C@@H](NCc1ccccc1)c1cn(-c2ccccc2)nc1-c1cccnc1. The molecule has 0 aliphatic rings. The number of aromatic nitrogens is 3. The Kier molecular flexibility index (Phi) is 5.88. The van der Waals surface area contributed by atoms with Gasteiger partial charge >= 0.3 is 7.60 Å². The smallest absolute Gasteiger partial charge is 0.323 e. The highest BCUT2D eigenvalue weighted by Crippen LogP contribution is 2.52. The normalized spacial score (nSPS) is 12.6. The van der Waals surface area contributed by atoms with E-state index >= 15 is 0 Å². The zero-order valence-corrected chi connectivity index (χ0v) is 16.9. The molecule has 2 aromatic carbocycles. The summed E-state index contributed by atoms with van der Waals surface area (Å²) in [5, 5.41) is 7.66. The van der Waals surface area contributed by atoms with Gasteiger partial charge in [0.25, 0.3) is 0 Å². The molecule has 152 valence electrons. The van der Waals surface area contributed by atoms with Gasteiger partial charge in [-0.2, -0.15) is 5.10 Å². The molecule has 4 aromatic rings. The molecule has 0 aliphatic carbocycles. The fourth-order valence-corrected chi connectivity index (χ4v) is 4.13. The Balaban J connectivity index is 1.78. The standard InChI is InChI=1S/C22H21N4O3P/c27-30(28,29)22(24-14-17-8-3-1-4-9-17)20-16-26(19-11-5-2-6-12-19)25-21(20)18-10-7-13-23-15-18/h1-13,15-16,22,24H,14H2,(H2,27,28,29)/t22-/m1/s1. The lowest BCUT2D eigenvalue weighted by atomic mass is 10.1. The fourth-order valence-electron chi connectivity index (χ4n) is 3.25. The maximum absolute atomic E-state index is 12.5. The molecule has 0 saturated carbocycles. The van der Waals surface area contributed by atoms with E-state index in [1.54, 1.807) is 29.3 Å². The summed E-state index contributed by atoms with van der Waals surface area (Å²) in [7, 11) is -4.55. The predicted octanol–water partition coefficient (Wildman–Crippen LogP) is 3.90. The summed E-state index contributed by atoms with van der Waals surface area (Å²) >= 11 is 0. The third-order valence-corrected chi connectivity index (χ3v) is 5.80. The van der Waals surface area contributed by atoms with Gasteiger partial charge in [0.15, 0.2) is 0 Å². The van der Waals surface area contributed by atoms with Gasteiger partial charge in [-0.1, -0.05) is 48.5 Å². The third-order valence-electron chi connectivity index (χ3n) is 4.67.